The number of carbonyl (C=O) groups is 3. The number of aldehydes is 1. The summed E-state index contributed by atoms with van der Waals surface area (Å²) >= 11 is 0. The van der Waals surface area contributed by atoms with Crippen molar-refractivity contribution >= 4 is 33.8 Å². The number of carbonyl (C=O) groups excluding carboxylic acids is 3. The topological polar surface area (TPSA) is 169 Å². The van der Waals surface area contributed by atoms with Gasteiger partial charge in [-0.2, -0.15) is 0 Å². The maximum absolute atomic E-state index is 15.0. The van der Waals surface area contributed by atoms with Gasteiger partial charge in [-0.1, -0.05) is 18.2 Å². The second kappa shape index (κ2) is 11.5. The molecule has 4 rings (SSSR count). The minimum absolute atomic E-state index is 0.0732. The summed E-state index contributed by atoms with van der Waals surface area (Å²) in [6.07, 6.45) is -0.246. The molecule has 0 saturated carbocycles. The minimum atomic E-state index is -3.09. The van der Waals surface area contributed by atoms with Gasteiger partial charge < -0.3 is 44.9 Å². The molecule has 5 N–H and O–H groups in total. The number of amides is 2. The molecule has 15 heteroatoms. The lowest BCUT2D eigenvalue weighted by Gasteiger charge is -2.44. The zero-order valence-corrected chi connectivity index (χ0v) is 22.1. The number of likely N-dealkylation sites (N-methyl/N-ethyl adjacent to an activating group) is 1. The maximum Gasteiger partial charge on any atom is 0.255 e. The Morgan fingerprint density at radius 2 is 1.88 bits per heavy atom. The van der Waals surface area contributed by atoms with Gasteiger partial charge in [-0.25, -0.2) is 9.29 Å². The normalized spacial score (nSPS) is 19.6. The van der Waals surface area contributed by atoms with Crippen molar-refractivity contribution in [1.29, 1.82) is 0 Å². The van der Waals surface area contributed by atoms with Crippen molar-refractivity contribution in [2.24, 2.45) is 0 Å². The first kappa shape index (κ1) is 30.6. The fraction of sp³-hybridized carbons (Fsp3) is 0.423. The molecule has 2 aliphatic rings. The number of nitrogens with one attached hydrogen (secondary N) is 1. The van der Waals surface area contributed by atoms with E-state index < -0.39 is 40.6 Å². The Morgan fingerprint density at radius 1 is 1.20 bits per heavy atom. The Labute approximate surface area is 237 Å². The van der Waals surface area contributed by atoms with E-state index in [1.807, 2.05) is 0 Å². The van der Waals surface area contributed by atoms with Gasteiger partial charge in [0.1, 0.15) is 46.2 Å². The van der Waals surface area contributed by atoms with Crippen LogP contribution in [0.3, 0.4) is 0 Å². The van der Waals surface area contributed by atoms with E-state index in [4.69, 9.17) is 25.2 Å². The fourth-order valence-electron chi connectivity index (χ4n) is 4.79. The van der Waals surface area contributed by atoms with Gasteiger partial charge in [0.15, 0.2) is 0 Å². The smallest absolute Gasteiger partial charge is 0.255 e. The van der Waals surface area contributed by atoms with Crippen LogP contribution in [-0.4, -0.2) is 114 Å². The third kappa shape index (κ3) is 5.61. The molecular formula is C26H28B2FN3O9. The largest absolute Gasteiger partial charge is 0.488 e. The summed E-state index contributed by atoms with van der Waals surface area (Å²) in [5, 5.41) is 44.4. The number of hydrogen-bond acceptors (Lipinski definition) is 10. The fourth-order valence-corrected chi connectivity index (χ4v) is 4.79. The molecule has 0 aliphatic carbocycles. The number of nitrogens with zero attached hydrogens (tertiary/aromatic N) is 2. The summed E-state index contributed by atoms with van der Waals surface area (Å²) in [6, 6.07) is 6.11. The van der Waals surface area contributed by atoms with Crippen molar-refractivity contribution in [1.82, 2.24) is 15.1 Å². The number of fused-ring (bicyclic) bond motifs is 1. The molecule has 2 amide bonds. The second-order valence-corrected chi connectivity index (χ2v) is 9.83. The third-order valence-electron chi connectivity index (χ3n) is 7.27. The van der Waals surface area contributed by atoms with E-state index in [9.17, 15) is 34.8 Å². The molecule has 1 fully saturated rings. The van der Waals surface area contributed by atoms with E-state index in [2.05, 4.69) is 5.32 Å². The molecule has 0 bridgehead atoms. The van der Waals surface area contributed by atoms with Crippen LogP contribution in [0.4, 0.5) is 4.39 Å². The van der Waals surface area contributed by atoms with Crippen LogP contribution in [-0.2, 0) is 33.4 Å². The van der Waals surface area contributed by atoms with E-state index in [1.54, 1.807) is 0 Å². The number of ether oxygens (including phenoxy) is 2. The van der Waals surface area contributed by atoms with E-state index in [-0.39, 0.29) is 60.5 Å². The molecule has 2 aromatic carbocycles. The van der Waals surface area contributed by atoms with Crippen molar-refractivity contribution in [2.45, 2.75) is 36.1 Å². The average molecular weight is 567 g/mol. The van der Waals surface area contributed by atoms with E-state index in [1.165, 1.54) is 42.3 Å². The monoisotopic (exact) mass is 567 g/mol. The SMILES string of the molecule is [B]C(O)(C=O)C([B])(O)C(C(=O)NC)N1Cc2c(OCc3ccc(C(O)(O)N4CCOCC4)cc3F)cccc2C1=O. The molecule has 214 valence electrons. The summed E-state index contributed by atoms with van der Waals surface area (Å²) in [5.74, 6) is -4.81. The molecule has 1 saturated heterocycles. The molecule has 2 aromatic rings. The molecular weight excluding hydrogens is 539 g/mol. The van der Waals surface area contributed by atoms with E-state index in [0.29, 0.717) is 13.2 Å². The molecule has 4 radical (unpaired) electrons. The highest BCUT2D eigenvalue weighted by Crippen LogP contribution is 2.36. The van der Waals surface area contributed by atoms with Crippen molar-refractivity contribution in [3.63, 3.8) is 0 Å². The molecule has 0 aromatic heterocycles. The van der Waals surface area contributed by atoms with Gasteiger partial charge >= 0.3 is 0 Å². The Kier molecular flexibility index (Phi) is 8.60. The molecule has 3 unspecified atom stereocenters. The van der Waals surface area contributed by atoms with Gasteiger partial charge in [-0.15, -0.1) is 0 Å². The Balaban J connectivity index is 1.56. The van der Waals surface area contributed by atoms with Gasteiger partial charge in [-0.05, 0) is 18.2 Å². The quantitative estimate of drug-likeness (QED) is 0.121. The van der Waals surface area contributed by atoms with Gasteiger partial charge in [-0.3, -0.25) is 9.59 Å². The second-order valence-electron chi connectivity index (χ2n) is 9.83. The number of halogens is 1. The lowest BCUT2D eigenvalue weighted by Crippen LogP contribution is -2.71. The predicted molar refractivity (Wildman–Crippen MR) is 141 cm³/mol. The number of benzene rings is 2. The highest BCUT2D eigenvalue weighted by molar-refractivity contribution is 6.33. The van der Waals surface area contributed by atoms with Crippen LogP contribution >= 0.6 is 0 Å². The Bertz CT molecular complexity index is 1340. The Morgan fingerprint density at radius 3 is 2.49 bits per heavy atom. The molecule has 2 aliphatic heterocycles. The first-order chi connectivity index (χ1) is 19.3. The summed E-state index contributed by atoms with van der Waals surface area (Å²) in [4.78, 5) is 39.5. The van der Waals surface area contributed by atoms with Crippen LogP contribution in [0, 0.1) is 5.82 Å². The van der Waals surface area contributed by atoms with Crippen LogP contribution in [0.25, 0.3) is 0 Å². The van der Waals surface area contributed by atoms with Crippen molar-refractivity contribution in [3.8, 4) is 5.75 Å². The highest BCUT2D eigenvalue weighted by Gasteiger charge is 2.54. The van der Waals surface area contributed by atoms with Crippen LogP contribution in [0.1, 0.15) is 27.0 Å². The van der Waals surface area contributed by atoms with Crippen LogP contribution in [0.2, 0.25) is 0 Å². The number of rotatable bonds is 10. The molecule has 0 spiro atoms. The zero-order valence-electron chi connectivity index (χ0n) is 22.1. The van der Waals surface area contributed by atoms with Crippen LogP contribution < -0.4 is 10.1 Å². The zero-order chi connectivity index (χ0) is 30.2. The lowest BCUT2D eigenvalue weighted by molar-refractivity contribution is -0.287. The van der Waals surface area contributed by atoms with Gasteiger partial charge in [0.25, 0.3) is 11.8 Å². The number of hydrogen-bond donors (Lipinski definition) is 5. The Hall–Kier alpha value is -3.33. The number of morpholine rings is 1. The third-order valence-corrected chi connectivity index (χ3v) is 7.27. The van der Waals surface area contributed by atoms with E-state index >= 15 is 4.39 Å². The van der Waals surface area contributed by atoms with E-state index in [0.717, 1.165) is 11.0 Å². The summed E-state index contributed by atoms with van der Waals surface area (Å²) in [5.41, 5.74) is -5.84. The minimum Gasteiger partial charge on any atom is -0.488 e. The van der Waals surface area contributed by atoms with Gasteiger partial charge in [0.05, 0.1) is 30.8 Å². The summed E-state index contributed by atoms with van der Waals surface area (Å²) in [6.45, 7) is 0.447. The predicted octanol–water partition coefficient (Wildman–Crippen LogP) is -2.18. The van der Waals surface area contributed by atoms with Crippen molar-refractivity contribution < 1.29 is 48.7 Å². The summed E-state index contributed by atoms with van der Waals surface area (Å²) in [7, 11) is 12.4. The first-order valence-corrected chi connectivity index (χ1v) is 12.6. The lowest BCUT2D eigenvalue weighted by atomic mass is 9.55. The number of aliphatic hydroxyl groups is 4. The average Bonchev–Trinajstić information content (AvgIpc) is 3.28. The molecule has 2 heterocycles. The van der Waals surface area contributed by atoms with Crippen LogP contribution in [0.5, 0.6) is 5.75 Å². The van der Waals surface area contributed by atoms with Crippen molar-refractivity contribution in [2.75, 3.05) is 33.4 Å². The standard InChI is InChI=1S/C26H28B2FN3O9/c1-30-22(34)21(25(28,37)24(27,36)14-33)32-12-18-17(23(32)35)3-2-4-20(18)41-13-15-5-6-16(11-19(15)29)26(38,39)31-7-9-40-10-8-31/h2-6,11,14,21,36-39H,7-10,12-13H2,1H3,(H,30,34). The highest BCUT2D eigenvalue weighted by atomic mass is 19.1. The van der Waals surface area contributed by atoms with Gasteiger partial charge in [0.2, 0.25) is 5.91 Å². The van der Waals surface area contributed by atoms with Crippen molar-refractivity contribution in [3.05, 3.63) is 64.5 Å². The summed E-state index contributed by atoms with van der Waals surface area (Å²) < 4.78 is 26.0. The molecule has 12 nitrogen and oxygen atoms in total. The maximum atomic E-state index is 15.0. The first-order valence-electron chi connectivity index (χ1n) is 12.6. The van der Waals surface area contributed by atoms with Crippen LogP contribution in [0.15, 0.2) is 36.4 Å². The molecule has 41 heavy (non-hydrogen) atoms. The van der Waals surface area contributed by atoms with Gasteiger partial charge in [0, 0.05) is 42.4 Å². The molecule has 3 atom stereocenters.